The van der Waals surface area contributed by atoms with E-state index in [1.165, 1.54) is 11.1 Å². The molecule has 0 spiro atoms. The van der Waals surface area contributed by atoms with Crippen LogP contribution in [-0.4, -0.2) is 51.8 Å². The summed E-state index contributed by atoms with van der Waals surface area (Å²) in [6, 6.07) is 21.0. The van der Waals surface area contributed by atoms with Crippen LogP contribution in [0.25, 0.3) is 0 Å². The quantitative estimate of drug-likeness (QED) is 0.523. The number of fused-ring (bicyclic) bond motifs is 3. The van der Waals surface area contributed by atoms with E-state index < -0.39 is 0 Å². The fourth-order valence-electron chi connectivity index (χ4n) is 5.82. The summed E-state index contributed by atoms with van der Waals surface area (Å²) in [5, 5.41) is 0. The highest BCUT2D eigenvalue weighted by Crippen LogP contribution is 2.32. The van der Waals surface area contributed by atoms with Crippen LogP contribution >= 0.6 is 0 Å². The third-order valence-electron chi connectivity index (χ3n) is 7.83. The molecule has 1 fully saturated rings. The molecule has 3 aromatic rings. The monoisotopic (exact) mass is 496 g/mol. The lowest BCUT2D eigenvalue weighted by Gasteiger charge is -2.34. The van der Waals surface area contributed by atoms with E-state index in [9.17, 15) is 9.59 Å². The summed E-state index contributed by atoms with van der Waals surface area (Å²) < 4.78 is 0. The maximum Gasteiger partial charge on any atom is 0.227 e. The number of aromatic nitrogens is 1. The van der Waals surface area contributed by atoms with Crippen molar-refractivity contribution in [2.45, 2.75) is 64.7 Å². The van der Waals surface area contributed by atoms with Gasteiger partial charge in [0, 0.05) is 63.3 Å². The molecule has 192 valence electrons. The van der Waals surface area contributed by atoms with Crippen LogP contribution in [0.15, 0.2) is 73.1 Å². The molecule has 6 heteroatoms. The van der Waals surface area contributed by atoms with Crippen molar-refractivity contribution in [3.8, 4) is 0 Å². The number of pyridine rings is 1. The summed E-state index contributed by atoms with van der Waals surface area (Å²) in [6.07, 6.45) is 7.12. The molecule has 2 aliphatic heterocycles. The number of hydrogen-bond donors (Lipinski definition) is 0. The smallest absolute Gasteiger partial charge is 0.227 e. The molecule has 0 N–H and O–H groups in total. The molecule has 37 heavy (non-hydrogen) atoms. The van der Waals surface area contributed by atoms with E-state index in [1.807, 2.05) is 52.4 Å². The first-order valence-electron chi connectivity index (χ1n) is 13.3. The first-order chi connectivity index (χ1) is 18.0. The molecule has 0 saturated carbocycles. The highest BCUT2D eigenvalue weighted by Gasteiger charge is 2.36. The Hall–Kier alpha value is -3.51. The molecule has 2 bridgehead atoms. The summed E-state index contributed by atoms with van der Waals surface area (Å²) in [6.45, 7) is 6.34. The first-order valence-corrected chi connectivity index (χ1v) is 13.3. The predicted octanol–water partition coefficient (Wildman–Crippen LogP) is 4.75. The standard InChI is InChI=1S/C31H36N4O2/c1-23-9-11-25(12-10-23)18-31(37)33-21-27-7-3-4-8-30(27)34(24(2)36)17-15-28-13-14-29(22-33)35(28)20-26-6-5-16-32-19-26/h3-12,16,19,28-29H,13-15,17-18,20-22H2,1-2H3. The number of rotatable bonds is 4. The van der Waals surface area contributed by atoms with Gasteiger partial charge in [-0.05, 0) is 55.0 Å². The summed E-state index contributed by atoms with van der Waals surface area (Å²) >= 11 is 0. The number of hydrogen-bond acceptors (Lipinski definition) is 4. The van der Waals surface area contributed by atoms with Crippen molar-refractivity contribution < 1.29 is 9.59 Å². The molecule has 3 heterocycles. The van der Waals surface area contributed by atoms with Gasteiger partial charge in [0.2, 0.25) is 11.8 Å². The fourth-order valence-corrected chi connectivity index (χ4v) is 5.82. The van der Waals surface area contributed by atoms with Gasteiger partial charge in [-0.25, -0.2) is 0 Å². The van der Waals surface area contributed by atoms with E-state index in [0.29, 0.717) is 32.1 Å². The minimum atomic E-state index is 0.0394. The average Bonchev–Trinajstić information content (AvgIpc) is 3.25. The van der Waals surface area contributed by atoms with Gasteiger partial charge in [0.05, 0.1) is 6.42 Å². The van der Waals surface area contributed by atoms with Gasteiger partial charge in [-0.3, -0.25) is 19.5 Å². The highest BCUT2D eigenvalue weighted by atomic mass is 16.2. The van der Waals surface area contributed by atoms with E-state index in [1.54, 1.807) is 13.1 Å². The van der Waals surface area contributed by atoms with Gasteiger partial charge < -0.3 is 9.80 Å². The Kier molecular flexibility index (Phi) is 7.65. The molecule has 2 aliphatic rings. The number of nitrogens with zero attached hydrogens (tertiary/aromatic N) is 4. The molecule has 2 unspecified atom stereocenters. The Morgan fingerprint density at radius 1 is 0.919 bits per heavy atom. The zero-order valence-electron chi connectivity index (χ0n) is 21.8. The van der Waals surface area contributed by atoms with Gasteiger partial charge in [0.15, 0.2) is 0 Å². The SMILES string of the molecule is CC(=O)N1CCC2CCC(CN(C(=O)Cc3ccc(C)cc3)Cc3ccccc31)N2Cc1cccnc1. The van der Waals surface area contributed by atoms with Gasteiger partial charge in [-0.2, -0.15) is 0 Å². The molecule has 1 saturated heterocycles. The van der Waals surface area contributed by atoms with Gasteiger partial charge in [-0.15, -0.1) is 0 Å². The normalized spacial score (nSPS) is 20.3. The number of benzene rings is 2. The van der Waals surface area contributed by atoms with Gasteiger partial charge >= 0.3 is 0 Å². The van der Waals surface area contributed by atoms with E-state index in [2.05, 4.69) is 41.1 Å². The van der Waals surface area contributed by atoms with Crippen LogP contribution in [0.1, 0.15) is 48.4 Å². The van der Waals surface area contributed by atoms with Gasteiger partial charge in [-0.1, -0.05) is 54.1 Å². The maximum absolute atomic E-state index is 13.8. The number of carbonyl (C=O) groups is 2. The summed E-state index contributed by atoms with van der Waals surface area (Å²) in [4.78, 5) is 37.4. The van der Waals surface area contributed by atoms with Gasteiger partial charge in [0.25, 0.3) is 0 Å². The van der Waals surface area contributed by atoms with Crippen LogP contribution < -0.4 is 4.90 Å². The third-order valence-corrected chi connectivity index (χ3v) is 7.83. The molecule has 2 aromatic carbocycles. The van der Waals surface area contributed by atoms with E-state index in [0.717, 1.165) is 42.6 Å². The number of amides is 2. The second kappa shape index (κ2) is 11.3. The summed E-state index contributed by atoms with van der Waals surface area (Å²) in [5.74, 6) is 0.162. The van der Waals surface area contributed by atoms with Crippen molar-refractivity contribution in [3.63, 3.8) is 0 Å². The lowest BCUT2D eigenvalue weighted by Crippen LogP contribution is -2.45. The van der Waals surface area contributed by atoms with Crippen molar-refractivity contribution in [3.05, 3.63) is 95.3 Å². The molecular weight excluding hydrogens is 460 g/mol. The lowest BCUT2D eigenvalue weighted by atomic mass is 10.1. The van der Waals surface area contributed by atoms with Gasteiger partial charge in [0.1, 0.15) is 0 Å². The van der Waals surface area contributed by atoms with Crippen LogP contribution in [0.2, 0.25) is 0 Å². The molecule has 1 aromatic heterocycles. The molecule has 0 radical (unpaired) electrons. The average molecular weight is 497 g/mol. The number of para-hydroxylation sites is 1. The number of aryl methyl sites for hydroxylation is 1. The summed E-state index contributed by atoms with van der Waals surface area (Å²) in [5.41, 5.74) is 5.33. The summed E-state index contributed by atoms with van der Waals surface area (Å²) in [7, 11) is 0. The molecule has 6 nitrogen and oxygen atoms in total. The largest absolute Gasteiger partial charge is 0.336 e. The second-order valence-electron chi connectivity index (χ2n) is 10.4. The molecular formula is C31H36N4O2. The second-order valence-corrected chi connectivity index (χ2v) is 10.4. The Bertz CT molecular complexity index is 1230. The first kappa shape index (κ1) is 25.2. The Balaban J connectivity index is 1.49. The molecule has 0 aliphatic carbocycles. The van der Waals surface area contributed by atoms with E-state index in [4.69, 9.17) is 0 Å². The fraction of sp³-hybridized carbons (Fsp3) is 0.387. The Morgan fingerprint density at radius 2 is 1.70 bits per heavy atom. The number of anilines is 1. The molecule has 5 rings (SSSR count). The minimum Gasteiger partial charge on any atom is -0.336 e. The van der Waals surface area contributed by atoms with E-state index >= 15 is 0 Å². The van der Waals surface area contributed by atoms with Crippen LogP contribution in [0.5, 0.6) is 0 Å². The third kappa shape index (κ3) is 5.91. The topological polar surface area (TPSA) is 56.8 Å². The predicted molar refractivity (Wildman–Crippen MR) is 146 cm³/mol. The van der Waals surface area contributed by atoms with Crippen LogP contribution in [0.4, 0.5) is 5.69 Å². The van der Waals surface area contributed by atoms with Crippen LogP contribution in [-0.2, 0) is 29.1 Å². The minimum absolute atomic E-state index is 0.0394. The van der Waals surface area contributed by atoms with Crippen LogP contribution in [0, 0.1) is 6.92 Å². The van der Waals surface area contributed by atoms with Crippen molar-refractivity contribution in [2.75, 3.05) is 18.0 Å². The van der Waals surface area contributed by atoms with Crippen LogP contribution in [0.3, 0.4) is 0 Å². The van der Waals surface area contributed by atoms with Crippen molar-refractivity contribution >= 4 is 17.5 Å². The number of carbonyl (C=O) groups excluding carboxylic acids is 2. The van der Waals surface area contributed by atoms with Crippen molar-refractivity contribution in [1.29, 1.82) is 0 Å². The molecule has 2 amide bonds. The maximum atomic E-state index is 13.8. The van der Waals surface area contributed by atoms with Crippen molar-refractivity contribution in [1.82, 2.24) is 14.8 Å². The highest BCUT2D eigenvalue weighted by molar-refractivity contribution is 5.92. The van der Waals surface area contributed by atoms with E-state index in [-0.39, 0.29) is 17.9 Å². The lowest BCUT2D eigenvalue weighted by molar-refractivity contribution is -0.132. The van der Waals surface area contributed by atoms with Crippen molar-refractivity contribution in [2.24, 2.45) is 0 Å². The Morgan fingerprint density at radius 3 is 2.46 bits per heavy atom. The zero-order chi connectivity index (χ0) is 25.8. The zero-order valence-corrected chi connectivity index (χ0v) is 21.8. The Labute approximate surface area is 219 Å². The molecule has 2 atom stereocenters.